The maximum Gasteiger partial charge on any atom is 0.132 e. The van der Waals surface area contributed by atoms with E-state index in [2.05, 4.69) is 6.92 Å². The number of thioether (sulfide) groups is 1. The second-order valence-corrected chi connectivity index (χ2v) is 4.24. The third kappa shape index (κ3) is 3.27. The maximum absolute atomic E-state index is 10.3. The van der Waals surface area contributed by atoms with Crippen LogP contribution in [0.15, 0.2) is 16.5 Å². The van der Waals surface area contributed by atoms with Crippen LogP contribution in [0, 0.1) is 0 Å². The lowest BCUT2D eigenvalue weighted by atomic mass is 10.4. The minimum Gasteiger partial charge on any atom is -0.465 e. The molecule has 0 spiro atoms. The maximum atomic E-state index is 10.3. The van der Waals surface area contributed by atoms with E-state index in [0.29, 0.717) is 0 Å². The summed E-state index contributed by atoms with van der Waals surface area (Å²) in [7, 11) is 0. The molecule has 0 aliphatic rings. The van der Waals surface area contributed by atoms with Gasteiger partial charge in [-0.15, -0.1) is 11.8 Å². The van der Waals surface area contributed by atoms with Gasteiger partial charge in [0.2, 0.25) is 0 Å². The molecule has 1 aromatic rings. The van der Waals surface area contributed by atoms with E-state index in [1.807, 2.05) is 19.1 Å². The lowest BCUT2D eigenvalue weighted by Gasteiger charge is -2.00. The number of furan rings is 1. The molecule has 0 aliphatic carbocycles. The molecular weight excluding hydrogens is 184 g/mol. The van der Waals surface area contributed by atoms with Gasteiger partial charge in [0.25, 0.3) is 0 Å². The molecule has 1 aromatic heterocycles. The molecule has 0 aromatic carbocycles. The van der Waals surface area contributed by atoms with E-state index in [1.165, 1.54) is 0 Å². The second-order valence-electron chi connectivity index (χ2n) is 2.87. The highest BCUT2D eigenvalue weighted by molar-refractivity contribution is 7.99. The lowest BCUT2D eigenvalue weighted by Crippen LogP contribution is -1.96. The molecule has 2 nitrogen and oxygen atoms in total. The van der Waals surface area contributed by atoms with E-state index >= 15 is 0 Å². The molecule has 0 radical (unpaired) electrons. The number of carbonyl (C=O) groups is 1. The smallest absolute Gasteiger partial charge is 0.132 e. The van der Waals surface area contributed by atoms with Crippen molar-refractivity contribution in [3.63, 3.8) is 0 Å². The Morgan fingerprint density at radius 3 is 2.77 bits per heavy atom. The Balaban J connectivity index is 2.40. The van der Waals surface area contributed by atoms with Crippen LogP contribution in [0.4, 0.5) is 0 Å². The number of aryl methyl sites for hydroxylation is 1. The standard InChI is InChI=1S/C10H14O2S/c1-3-9-4-5-10(12-9)7-13-8(2)6-11/h4-6,8H,3,7H2,1-2H3. The van der Waals surface area contributed by atoms with Crippen molar-refractivity contribution in [3.05, 3.63) is 23.7 Å². The number of rotatable bonds is 5. The molecule has 0 saturated heterocycles. The number of hydrogen-bond donors (Lipinski definition) is 0. The first-order valence-electron chi connectivity index (χ1n) is 4.40. The number of carbonyl (C=O) groups excluding carboxylic acids is 1. The predicted octanol–water partition coefficient (Wildman–Crippen LogP) is 2.66. The van der Waals surface area contributed by atoms with Crippen molar-refractivity contribution in [2.24, 2.45) is 0 Å². The topological polar surface area (TPSA) is 30.2 Å². The Kier molecular flexibility index (Phi) is 4.09. The first kappa shape index (κ1) is 10.4. The monoisotopic (exact) mass is 198 g/mol. The minimum atomic E-state index is 0.0511. The minimum absolute atomic E-state index is 0.0511. The van der Waals surface area contributed by atoms with E-state index in [9.17, 15) is 4.79 Å². The van der Waals surface area contributed by atoms with Crippen molar-refractivity contribution < 1.29 is 9.21 Å². The molecule has 3 heteroatoms. The number of aldehydes is 1. The molecule has 0 fully saturated rings. The highest BCUT2D eigenvalue weighted by atomic mass is 32.2. The summed E-state index contributed by atoms with van der Waals surface area (Å²) in [6, 6.07) is 3.96. The molecule has 13 heavy (non-hydrogen) atoms. The van der Waals surface area contributed by atoms with Crippen LogP contribution in [0.3, 0.4) is 0 Å². The van der Waals surface area contributed by atoms with Gasteiger partial charge in [0.1, 0.15) is 17.8 Å². The van der Waals surface area contributed by atoms with Crippen LogP contribution < -0.4 is 0 Å². The lowest BCUT2D eigenvalue weighted by molar-refractivity contribution is -0.107. The van der Waals surface area contributed by atoms with Gasteiger partial charge < -0.3 is 9.21 Å². The Morgan fingerprint density at radius 2 is 2.23 bits per heavy atom. The fraction of sp³-hybridized carbons (Fsp3) is 0.500. The largest absolute Gasteiger partial charge is 0.465 e. The predicted molar refractivity (Wildman–Crippen MR) is 54.9 cm³/mol. The second kappa shape index (κ2) is 5.12. The van der Waals surface area contributed by atoms with Gasteiger partial charge in [-0.25, -0.2) is 0 Å². The van der Waals surface area contributed by atoms with Crippen LogP contribution in [0.2, 0.25) is 0 Å². The van der Waals surface area contributed by atoms with Gasteiger partial charge in [-0.3, -0.25) is 0 Å². The van der Waals surface area contributed by atoms with E-state index in [1.54, 1.807) is 11.8 Å². The van der Waals surface area contributed by atoms with Gasteiger partial charge in [-0.2, -0.15) is 0 Å². The van der Waals surface area contributed by atoms with Crippen molar-refractivity contribution in [2.75, 3.05) is 0 Å². The van der Waals surface area contributed by atoms with E-state index in [-0.39, 0.29) is 5.25 Å². The fourth-order valence-corrected chi connectivity index (χ4v) is 1.60. The Labute approximate surface area is 82.7 Å². The molecule has 1 heterocycles. The van der Waals surface area contributed by atoms with Gasteiger partial charge in [-0.05, 0) is 19.1 Å². The van der Waals surface area contributed by atoms with E-state index in [4.69, 9.17) is 4.42 Å². The molecular formula is C10H14O2S. The molecule has 0 aliphatic heterocycles. The zero-order chi connectivity index (χ0) is 9.68. The molecule has 0 bridgehead atoms. The first-order valence-corrected chi connectivity index (χ1v) is 5.45. The summed E-state index contributed by atoms with van der Waals surface area (Å²) in [5, 5.41) is 0.0511. The summed E-state index contributed by atoms with van der Waals surface area (Å²) in [5.41, 5.74) is 0. The van der Waals surface area contributed by atoms with Crippen LogP contribution in [-0.4, -0.2) is 11.5 Å². The van der Waals surface area contributed by atoms with Crippen LogP contribution in [-0.2, 0) is 17.0 Å². The SMILES string of the molecule is CCc1ccc(CSC(C)C=O)o1. The molecule has 0 saturated carbocycles. The molecule has 0 N–H and O–H groups in total. The van der Waals surface area contributed by atoms with Gasteiger partial charge in [0, 0.05) is 6.42 Å². The average Bonchev–Trinajstić information content (AvgIpc) is 2.61. The summed E-state index contributed by atoms with van der Waals surface area (Å²) < 4.78 is 5.49. The van der Waals surface area contributed by atoms with Crippen LogP contribution in [0.1, 0.15) is 25.4 Å². The molecule has 1 atom stereocenters. The number of hydrogen-bond acceptors (Lipinski definition) is 3. The van der Waals surface area contributed by atoms with Crippen LogP contribution >= 0.6 is 11.8 Å². The first-order chi connectivity index (χ1) is 6.26. The molecule has 1 unspecified atom stereocenters. The average molecular weight is 198 g/mol. The summed E-state index contributed by atoms with van der Waals surface area (Å²) >= 11 is 1.59. The molecule has 72 valence electrons. The zero-order valence-electron chi connectivity index (χ0n) is 7.95. The van der Waals surface area contributed by atoms with Crippen molar-refractivity contribution in [3.8, 4) is 0 Å². The summed E-state index contributed by atoms with van der Waals surface area (Å²) in [6.45, 7) is 3.95. The van der Waals surface area contributed by atoms with Gasteiger partial charge in [0.05, 0.1) is 11.0 Å². The quantitative estimate of drug-likeness (QED) is 0.681. The van der Waals surface area contributed by atoms with Gasteiger partial charge >= 0.3 is 0 Å². The van der Waals surface area contributed by atoms with Gasteiger partial charge in [-0.1, -0.05) is 6.92 Å². The van der Waals surface area contributed by atoms with Crippen molar-refractivity contribution in [2.45, 2.75) is 31.3 Å². The van der Waals surface area contributed by atoms with E-state index in [0.717, 1.165) is 30.0 Å². The third-order valence-corrected chi connectivity index (χ3v) is 2.83. The Bertz CT molecular complexity index is 268. The Morgan fingerprint density at radius 1 is 1.54 bits per heavy atom. The molecule has 1 rings (SSSR count). The fourth-order valence-electron chi connectivity index (χ4n) is 0.943. The van der Waals surface area contributed by atoms with E-state index < -0.39 is 0 Å². The van der Waals surface area contributed by atoms with Gasteiger partial charge in [0.15, 0.2) is 0 Å². The van der Waals surface area contributed by atoms with Crippen molar-refractivity contribution in [1.29, 1.82) is 0 Å². The van der Waals surface area contributed by atoms with Crippen molar-refractivity contribution >= 4 is 18.0 Å². The highest BCUT2D eigenvalue weighted by Crippen LogP contribution is 2.18. The van der Waals surface area contributed by atoms with Crippen molar-refractivity contribution in [1.82, 2.24) is 0 Å². The zero-order valence-corrected chi connectivity index (χ0v) is 8.76. The summed E-state index contributed by atoms with van der Waals surface area (Å²) in [4.78, 5) is 10.3. The summed E-state index contributed by atoms with van der Waals surface area (Å²) in [5.74, 6) is 2.74. The normalized spacial score (nSPS) is 12.8. The summed E-state index contributed by atoms with van der Waals surface area (Å²) in [6.07, 6.45) is 1.88. The van der Waals surface area contributed by atoms with Crippen LogP contribution in [0.5, 0.6) is 0 Å². The molecule has 0 amide bonds. The highest BCUT2D eigenvalue weighted by Gasteiger charge is 2.04. The van der Waals surface area contributed by atoms with Crippen LogP contribution in [0.25, 0.3) is 0 Å². The Hall–Kier alpha value is -0.700. The third-order valence-electron chi connectivity index (χ3n) is 1.75.